The van der Waals surface area contributed by atoms with E-state index in [-0.39, 0.29) is 5.91 Å². The molecule has 5 heteroatoms. The second kappa shape index (κ2) is 5.71. The lowest BCUT2D eigenvalue weighted by Crippen LogP contribution is -2.14. The van der Waals surface area contributed by atoms with Gasteiger partial charge in [-0.1, -0.05) is 35.9 Å². The summed E-state index contributed by atoms with van der Waals surface area (Å²) >= 11 is 7.80. The maximum Gasteiger partial charge on any atom is 0.290 e. The molecule has 1 aromatic carbocycles. The summed E-state index contributed by atoms with van der Waals surface area (Å²) in [5.74, 6) is -0.179. The first-order chi connectivity index (χ1) is 10.5. The standard InChI is InChI=1S/C17H15ClN2OS/c1-4-7-12-10(2)19-20(11(12)3)17(21)16-15(18)13-8-5-6-9-14(13)22-16/h4-6,8-9H,1,7H2,2-3H3. The molecule has 0 fully saturated rings. The summed E-state index contributed by atoms with van der Waals surface area (Å²) in [6, 6.07) is 7.75. The first kappa shape index (κ1) is 15.0. The molecule has 0 amide bonds. The highest BCUT2D eigenvalue weighted by Crippen LogP contribution is 2.35. The molecule has 0 radical (unpaired) electrons. The van der Waals surface area contributed by atoms with Gasteiger partial charge in [-0.05, 0) is 26.3 Å². The second-order valence-electron chi connectivity index (χ2n) is 5.10. The lowest BCUT2D eigenvalue weighted by Gasteiger charge is -2.02. The number of nitrogens with zero attached hydrogens (tertiary/aromatic N) is 2. The van der Waals surface area contributed by atoms with E-state index >= 15 is 0 Å². The molecule has 0 saturated carbocycles. The van der Waals surface area contributed by atoms with E-state index in [0.717, 1.165) is 27.0 Å². The molecule has 2 aromatic heterocycles. The van der Waals surface area contributed by atoms with Crippen LogP contribution in [0.2, 0.25) is 5.02 Å². The third-order valence-corrected chi connectivity index (χ3v) is 5.37. The van der Waals surface area contributed by atoms with E-state index in [9.17, 15) is 4.79 Å². The molecule has 0 saturated heterocycles. The molecule has 3 rings (SSSR count). The summed E-state index contributed by atoms with van der Waals surface area (Å²) < 4.78 is 2.45. The van der Waals surface area contributed by atoms with Crippen molar-refractivity contribution in [1.29, 1.82) is 0 Å². The molecule has 0 aliphatic carbocycles. The van der Waals surface area contributed by atoms with Gasteiger partial charge in [0.15, 0.2) is 0 Å². The van der Waals surface area contributed by atoms with Gasteiger partial charge in [-0.2, -0.15) is 9.78 Å². The zero-order chi connectivity index (χ0) is 15.9. The predicted octanol–water partition coefficient (Wildman–Crippen LogP) is 4.79. The highest BCUT2D eigenvalue weighted by Gasteiger charge is 2.22. The Morgan fingerprint density at radius 2 is 2.14 bits per heavy atom. The van der Waals surface area contributed by atoms with Gasteiger partial charge in [0.1, 0.15) is 4.88 Å². The zero-order valence-corrected chi connectivity index (χ0v) is 14.0. The topological polar surface area (TPSA) is 34.9 Å². The molecule has 3 nitrogen and oxygen atoms in total. The predicted molar refractivity (Wildman–Crippen MR) is 92.2 cm³/mol. The molecule has 0 N–H and O–H groups in total. The van der Waals surface area contributed by atoms with Crippen LogP contribution >= 0.6 is 22.9 Å². The Balaban J connectivity index is 2.12. The quantitative estimate of drug-likeness (QED) is 0.647. The number of hydrogen-bond donors (Lipinski definition) is 0. The first-order valence-corrected chi connectivity index (χ1v) is 8.11. The van der Waals surface area contributed by atoms with E-state index in [1.54, 1.807) is 0 Å². The molecule has 112 valence electrons. The molecule has 0 unspecified atom stereocenters. The van der Waals surface area contributed by atoms with Crippen molar-refractivity contribution in [3.8, 4) is 0 Å². The Morgan fingerprint density at radius 3 is 2.82 bits per heavy atom. The summed E-state index contributed by atoms with van der Waals surface area (Å²) in [6.45, 7) is 7.56. The van der Waals surface area contributed by atoms with Gasteiger partial charge in [-0.3, -0.25) is 4.79 Å². The Morgan fingerprint density at radius 1 is 1.41 bits per heavy atom. The van der Waals surface area contributed by atoms with Gasteiger partial charge in [0.05, 0.1) is 10.7 Å². The zero-order valence-electron chi connectivity index (χ0n) is 12.4. The Hall–Kier alpha value is -1.91. The molecular formula is C17H15ClN2OS. The van der Waals surface area contributed by atoms with Crippen LogP contribution in [0.1, 0.15) is 26.6 Å². The van der Waals surface area contributed by atoms with E-state index in [4.69, 9.17) is 11.6 Å². The van der Waals surface area contributed by atoms with Crippen LogP contribution in [0.25, 0.3) is 10.1 Å². The molecule has 0 atom stereocenters. The van der Waals surface area contributed by atoms with Gasteiger partial charge >= 0.3 is 0 Å². The van der Waals surface area contributed by atoms with Crippen molar-refractivity contribution in [3.63, 3.8) is 0 Å². The largest absolute Gasteiger partial charge is 0.290 e. The average molecular weight is 331 g/mol. The molecule has 3 aromatic rings. The van der Waals surface area contributed by atoms with Crippen molar-refractivity contribution in [2.75, 3.05) is 0 Å². The first-order valence-electron chi connectivity index (χ1n) is 6.92. The van der Waals surface area contributed by atoms with E-state index in [0.29, 0.717) is 16.3 Å². The number of allylic oxidation sites excluding steroid dienone is 1. The van der Waals surface area contributed by atoms with Gasteiger partial charge in [-0.25, -0.2) is 0 Å². The van der Waals surface area contributed by atoms with Crippen LogP contribution in [0.4, 0.5) is 0 Å². The minimum Gasteiger partial charge on any atom is -0.266 e. The van der Waals surface area contributed by atoms with E-state index in [1.165, 1.54) is 16.0 Å². The highest BCUT2D eigenvalue weighted by molar-refractivity contribution is 7.21. The maximum absolute atomic E-state index is 12.8. The van der Waals surface area contributed by atoms with Crippen LogP contribution in [0, 0.1) is 13.8 Å². The van der Waals surface area contributed by atoms with Crippen LogP contribution < -0.4 is 0 Å². The van der Waals surface area contributed by atoms with Crippen molar-refractivity contribution in [3.05, 3.63) is 63.8 Å². The number of aryl methyl sites for hydroxylation is 1. The molecule has 0 aliphatic rings. The molecule has 0 aliphatic heterocycles. The fourth-order valence-electron chi connectivity index (χ4n) is 2.56. The van der Waals surface area contributed by atoms with Crippen LogP contribution in [-0.2, 0) is 6.42 Å². The summed E-state index contributed by atoms with van der Waals surface area (Å²) in [5.41, 5.74) is 2.74. The summed E-state index contributed by atoms with van der Waals surface area (Å²) in [5, 5.41) is 5.79. The SMILES string of the molecule is C=CCc1c(C)nn(C(=O)c2sc3ccccc3c2Cl)c1C. The number of carbonyl (C=O) groups excluding carboxylic acids is 1. The third-order valence-electron chi connectivity index (χ3n) is 3.71. The van der Waals surface area contributed by atoms with Crippen LogP contribution in [-0.4, -0.2) is 15.7 Å². The maximum atomic E-state index is 12.8. The molecule has 0 bridgehead atoms. The molecule has 2 heterocycles. The van der Waals surface area contributed by atoms with E-state index in [1.807, 2.05) is 44.2 Å². The summed E-state index contributed by atoms with van der Waals surface area (Å²) in [7, 11) is 0. The summed E-state index contributed by atoms with van der Waals surface area (Å²) in [6.07, 6.45) is 2.52. The Bertz CT molecular complexity index is 892. The number of thiophene rings is 1. The lowest BCUT2D eigenvalue weighted by atomic mass is 10.1. The number of rotatable bonds is 3. The normalized spacial score (nSPS) is 11.0. The average Bonchev–Trinajstić information content (AvgIpc) is 2.99. The number of fused-ring (bicyclic) bond motifs is 1. The van der Waals surface area contributed by atoms with Crippen molar-refractivity contribution in [2.24, 2.45) is 0 Å². The van der Waals surface area contributed by atoms with E-state index in [2.05, 4.69) is 11.7 Å². The van der Waals surface area contributed by atoms with Crippen molar-refractivity contribution in [2.45, 2.75) is 20.3 Å². The summed E-state index contributed by atoms with van der Waals surface area (Å²) in [4.78, 5) is 13.4. The fourth-order valence-corrected chi connectivity index (χ4v) is 4.00. The Labute approximate surface area is 137 Å². The van der Waals surface area contributed by atoms with Crippen molar-refractivity contribution < 1.29 is 4.79 Å². The molecular weight excluding hydrogens is 316 g/mol. The van der Waals surface area contributed by atoms with Gasteiger partial charge in [0, 0.05) is 21.3 Å². The van der Waals surface area contributed by atoms with Crippen LogP contribution in [0.5, 0.6) is 0 Å². The minimum atomic E-state index is -0.179. The van der Waals surface area contributed by atoms with Crippen LogP contribution in [0.15, 0.2) is 36.9 Å². The number of aromatic nitrogens is 2. The number of halogens is 1. The van der Waals surface area contributed by atoms with Gasteiger partial charge in [0.25, 0.3) is 5.91 Å². The van der Waals surface area contributed by atoms with Crippen molar-refractivity contribution in [1.82, 2.24) is 9.78 Å². The number of carbonyl (C=O) groups is 1. The lowest BCUT2D eigenvalue weighted by molar-refractivity contribution is 0.0946. The van der Waals surface area contributed by atoms with Crippen LogP contribution in [0.3, 0.4) is 0 Å². The number of hydrogen-bond acceptors (Lipinski definition) is 3. The van der Waals surface area contributed by atoms with Gasteiger partial charge < -0.3 is 0 Å². The van der Waals surface area contributed by atoms with Crippen molar-refractivity contribution >= 4 is 38.9 Å². The van der Waals surface area contributed by atoms with Gasteiger partial charge in [0.2, 0.25) is 0 Å². The monoisotopic (exact) mass is 330 g/mol. The Kier molecular flexibility index (Phi) is 3.89. The second-order valence-corrected chi connectivity index (χ2v) is 6.53. The number of benzene rings is 1. The fraction of sp³-hybridized carbons (Fsp3) is 0.176. The molecule has 0 spiro atoms. The smallest absolute Gasteiger partial charge is 0.266 e. The highest BCUT2D eigenvalue weighted by atomic mass is 35.5. The van der Waals surface area contributed by atoms with Gasteiger partial charge in [-0.15, -0.1) is 17.9 Å². The van der Waals surface area contributed by atoms with E-state index < -0.39 is 0 Å². The minimum absolute atomic E-state index is 0.179. The molecule has 22 heavy (non-hydrogen) atoms. The third kappa shape index (κ3) is 2.28.